The summed E-state index contributed by atoms with van der Waals surface area (Å²) in [7, 11) is 0. The maximum atomic E-state index is 11.1. The molecule has 0 aromatic carbocycles. The zero-order chi connectivity index (χ0) is 11.0. The van der Waals surface area contributed by atoms with Crippen molar-refractivity contribution < 1.29 is 14.4 Å². The zero-order valence-electron chi connectivity index (χ0n) is 8.46. The van der Waals surface area contributed by atoms with Gasteiger partial charge in [0, 0.05) is 32.1 Å². The van der Waals surface area contributed by atoms with Gasteiger partial charge in [0.1, 0.15) is 5.78 Å². The van der Waals surface area contributed by atoms with Crippen molar-refractivity contribution in [3.8, 4) is 0 Å². The van der Waals surface area contributed by atoms with Crippen molar-refractivity contribution in [1.82, 2.24) is 5.32 Å². The topological polar surface area (TPSA) is 63.2 Å². The summed E-state index contributed by atoms with van der Waals surface area (Å²) in [6, 6.07) is 0. The minimum atomic E-state index is -0.0956. The molecule has 0 aliphatic rings. The molecule has 0 bridgehead atoms. The predicted molar refractivity (Wildman–Crippen MR) is 56.1 cm³/mol. The lowest BCUT2D eigenvalue weighted by molar-refractivity contribution is -0.119. The number of rotatable bonds is 6. The highest BCUT2D eigenvalue weighted by Gasteiger charge is 2.04. The molecule has 0 saturated carbocycles. The van der Waals surface area contributed by atoms with Gasteiger partial charge in [0.25, 0.3) is 0 Å². The van der Waals surface area contributed by atoms with Crippen LogP contribution in [-0.4, -0.2) is 29.1 Å². The van der Waals surface area contributed by atoms with Crippen LogP contribution in [-0.2, 0) is 14.4 Å². The summed E-state index contributed by atoms with van der Waals surface area (Å²) in [6.07, 6.45) is 0.603. The van der Waals surface area contributed by atoms with E-state index in [0.29, 0.717) is 25.1 Å². The minimum Gasteiger partial charge on any atom is -0.356 e. The highest BCUT2D eigenvalue weighted by Crippen LogP contribution is 2.06. The molecular weight excluding hydrogens is 202 g/mol. The molecular formula is C9H15NO3S. The summed E-state index contributed by atoms with van der Waals surface area (Å²) in [6.45, 7) is 3.39. The standard InChI is InChI=1S/C9H15NO3S/c1-7(11)3-4-9(13)14-6-5-10-8(2)12/h3-6H2,1-2H3,(H,10,12). The Kier molecular flexibility index (Phi) is 7.10. The van der Waals surface area contributed by atoms with Gasteiger partial charge in [-0.05, 0) is 6.92 Å². The van der Waals surface area contributed by atoms with Crippen LogP contribution in [0.3, 0.4) is 0 Å². The van der Waals surface area contributed by atoms with Crippen LogP contribution in [0.2, 0.25) is 0 Å². The normalized spacial score (nSPS) is 9.57. The SMILES string of the molecule is CC(=O)CCC(=O)SCCNC(C)=O. The lowest BCUT2D eigenvalue weighted by Gasteiger charge is -2.00. The van der Waals surface area contributed by atoms with E-state index in [2.05, 4.69) is 5.32 Å². The van der Waals surface area contributed by atoms with Crippen molar-refractivity contribution in [2.24, 2.45) is 0 Å². The predicted octanol–water partition coefficient (Wildman–Crippen LogP) is 0.752. The molecule has 0 fully saturated rings. The second-order valence-electron chi connectivity index (χ2n) is 2.91. The summed E-state index contributed by atoms with van der Waals surface area (Å²) in [5.74, 6) is 0.499. The van der Waals surface area contributed by atoms with Gasteiger partial charge < -0.3 is 10.1 Å². The van der Waals surface area contributed by atoms with Gasteiger partial charge >= 0.3 is 0 Å². The molecule has 0 aliphatic heterocycles. The first-order valence-electron chi connectivity index (χ1n) is 4.42. The zero-order valence-corrected chi connectivity index (χ0v) is 9.28. The van der Waals surface area contributed by atoms with E-state index in [0.717, 1.165) is 11.8 Å². The van der Waals surface area contributed by atoms with Crippen LogP contribution < -0.4 is 5.32 Å². The number of hydrogen-bond donors (Lipinski definition) is 1. The number of ketones is 1. The summed E-state index contributed by atoms with van der Waals surface area (Å²) >= 11 is 1.15. The molecule has 14 heavy (non-hydrogen) atoms. The monoisotopic (exact) mass is 217 g/mol. The summed E-state index contributed by atoms with van der Waals surface area (Å²) < 4.78 is 0. The third kappa shape index (κ3) is 9.25. The van der Waals surface area contributed by atoms with E-state index < -0.39 is 0 Å². The fourth-order valence-corrected chi connectivity index (χ4v) is 1.42. The second-order valence-corrected chi connectivity index (χ2v) is 4.06. The molecule has 4 nitrogen and oxygen atoms in total. The first kappa shape index (κ1) is 13.2. The Morgan fingerprint density at radius 2 is 1.79 bits per heavy atom. The van der Waals surface area contributed by atoms with Gasteiger partial charge in [-0.2, -0.15) is 0 Å². The molecule has 0 heterocycles. The molecule has 1 amide bonds. The first-order chi connectivity index (χ1) is 6.52. The van der Waals surface area contributed by atoms with Gasteiger partial charge in [0.2, 0.25) is 5.91 Å². The van der Waals surface area contributed by atoms with Crippen molar-refractivity contribution in [3.05, 3.63) is 0 Å². The number of amides is 1. The smallest absolute Gasteiger partial charge is 0.216 e. The molecule has 0 aromatic heterocycles. The van der Waals surface area contributed by atoms with Crippen molar-refractivity contribution in [1.29, 1.82) is 0 Å². The fourth-order valence-electron chi connectivity index (χ4n) is 0.742. The van der Waals surface area contributed by atoms with E-state index in [9.17, 15) is 14.4 Å². The summed E-state index contributed by atoms with van der Waals surface area (Å²) in [5.41, 5.74) is 0. The Morgan fingerprint density at radius 3 is 2.29 bits per heavy atom. The quantitative estimate of drug-likeness (QED) is 0.667. The highest BCUT2D eigenvalue weighted by atomic mass is 32.2. The van der Waals surface area contributed by atoms with E-state index in [-0.39, 0.29) is 16.8 Å². The Bertz CT molecular complexity index is 228. The second kappa shape index (κ2) is 7.55. The van der Waals surface area contributed by atoms with Crippen LogP contribution >= 0.6 is 11.8 Å². The third-order valence-corrected chi connectivity index (χ3v) is 2.35. The number of carbonyl (C=O) groups is 3. The van der Waals surface area contributed by atoms with Crippen LogP contribution in [0.4, 0.5) is 0 Å². The molecule has 0 unspecified atom stereocenters. The molecule has 80 valence electrons. The third-order valence-electron chi connectivity index (χ3n) is 1.42. The van der Waals surface area contributed by atoms with Crippen molar-refractivity contribution >= 4 is 28.6 Å². The van der Waals surface area contributed by atoms with Crippen LogP contribution in [0.1, 0.15) is 26.7 Å². The van der Waals surface area contributed by atoms with Crippen LogP contribution in [0, 0.1) is 0 Å². The van der Waals surface area contributed by atoms with Gasteiger partial charge in [0.15, 0.2) is 5.12 Å². The Hall–Kier alpha value is -0.840. The Balaban J connectivity index is 3.36. The molecule has 1 N–H and O–H groups in total. The van der Waals surface area contributed by atoms with Crippen molar-refractivity contribution in [2.45, 2.75) is 26.7 Å². The van der Waals surface area contributed by atoms with E-state index >= 15 is 0 Å². The average molecular weight is 217 g/mol. The first-order valence-corrected chi connectivity index (χ1v) is 5.40. The lowest BCUT2D eigenvalue weighted by Crippen LogP contribution is -2.22. The van der Waals surface area contributed by atoms with Crippen LogP contribution in [0.15, 0.2) is 0 Å². The largest absolute Gasteiger partial charge is 0.356 e. The number of hydrogen-bond acceptors (Lipinski definition) is 4. The number of carbonyl (C=O) groups excluding carboxylic acids is 3. The molecule has 0 atom stereocenters. The lowest BCUT2D eigenvalue weighted by atomic mass is 10.2. The maximum absolute atomic E-state index is 11.1. The average Bonchev–Trinajstić information content (AvgIpc) is 2.08. The maximum Gasteiger partial charge on any atom is 0.216 e. The molecule has 0 spiro atoms. The minimum absolute atomic E-state index is 0.00514. The van der Waals surface area contributed by atoms with Gasteiger partial charge in [-0.3, -0.25) is 9.59 Å². The molecule has 5 heteroatoms. The molecule has 0 rings (SSSR count). The van der Waals surface area contributed by atoms with Gasteiger partial charge in [0.05, 0.1) is 0 Å². The molecule has 0 saturated heterocycles. The van der Waals surface area contributed by atoms with E-state index in [1.54, 1.807) is 0 Å². The Morgan fingerprint density at radius 1 is 1.14 bits per heavy atom. The number of nitrogens with one attached hydrogen (secondary N) is 1. The van der Waals surface area contributed by atoms with Crippen molar-refractivity contribution in [2.75, 3.05) is 12.3 Å². The fraction of sp³-hybridized carbons (Fsp3) is 0.667. The van der Waals surface area contributed by atoms with Crippen LogP contribution in [0.5, 0.6) is 0 Å². The van der Waals surface area contributed by atoms with Gasteiger partial charge in [-0.15, -0.1) is 0 Å². The summed E-state index contributed by atoms with van der Waals surface area (Å²) in [4.78, 5) is 32.1. The van der Waals surface area contributed by atoms with E-state index in [1.165, 1.54) is 13.8 Å². The Labute approximate surface area is 87.8 Å². The van der Waals surface area contributed by atoms with E-state index in [4.69, 9.17) is 0 Å². The van der Waals surface area contributed by atoms with E-state index in [1.807, 2.05) is 0 Å². The molecule has 0 aromatic rings. The highest BCUT2D eigenvalue weighted by molar-refractivity contribution is 8.13. The number of thioether (sulfide) groups is 1. The van der Waals surface area contributed by atoms with Crippen molar-refractivity contribution in [3.63, 3.8) is 0 Å². The van der Waals surface area contributed by atoms with Gasteiger partial charge in [-0.1, -0.05) is 11.8 Å². The van der Waals surface area contributed by atoms with Gasteiger partial charge in [-0.25, -0.2) is 0 Å². The summed E-state index contributed by atoms with van der Waals surface area (Å²) in [5, 5.41) is 2.59. The molecule has 0 radical (unpaired) electrons. The van der Waals surface area contributed by atoms with Crippen LogP contribution in [0.25, 0.3) is 0 Å². The number of Topliss-reactive ketones (excluding diaryl/α,β-unsaturated/α-hetero) is 1. The molecule has 0 aliphatic carbocycles.